The summed E-state index contributed by atoms with van der Waals surface area (Å²) in [5, 5.41) is 2.22. The van der Waals surface area contributed by atoms with Crippen LogP contribution in [0.2, 0.25) is 0 Å². The molecule has 3 N–H and O–H groups in total. The zero-order valence-electron chi connectivity index (χ0n) is 4.50. The molecule has 0 unspecified atom stereocenters. The molecule has 1 aromatic heterocycles. The summed E-state index contributed by atoms with van der Waals surface area (Å²) in [6.07, 6.45) is 2.48. The van der Waals surface area contributed by atoms with Crippen molar-refractivity contribution in [3.63, 3.8) is 0 Å². The molecule has 5 nitrogen and oxygen atoms in total. The van der Waals surface area contributed by atoms with Crippen LogP contribution in [0.3, 0.4) is 0 Å². The molecule has 1 rings (SSSR count). The van der Waals surface area contributed by atoms with Crippen molar-refractivity contribution < 1.29 is 9.21 Å². The van der Waals surface area contributed by atoms with Gasteiger partial charge in [0.05, 0.1) is 0 Å². The Labute approximate surface area is 50.9 Å². The van der Waals surface area contributed by atoms with E-state index in [9.17, 15) is 4.79 Å². The quantitative estimate of drug-likeness (QED) is 0.564. The van der Waals surface area contributed by atoms with Crippen molar-refractivity contribution in [1.29, 1.82) is 0 Å². The molecular formula is C4H5N3O2. The third kappa shape index (κ3) is 1.45. The van der Waals surface area contributed by atoms with Crippen LogP contribution in [0, 0.1) is 0 Å². The molecule has 0 atom stereocenters. The van der Waals surface area contributed by atoms with Crippen LogP contribution in [0.1, 0.15) is 0 Å². The van der Waals surface area contributed by atoms with Gasteiger partial charge in [0.15, 0.2) is 12.2 Å². The Morgan fingerprint density at radius 3 is 3.11 bits per heavy atom. The number of nitrogens with two attached hydrogens (primary N) is 1. The van der Waals surface area contributed by atoms with Crippen LogP contribution in [0.4, 0.5) is 10.6 Å². The second-order valence-corrected chi connectivity index (χ2v) is 1.36. The number of amides is 2. The molecule has 0 saturated heterocycles. The fourth-order valence-electron chi connectivity index (χ4n) is 0.400. The van der Waals surface area contributed by atoms with Crippen LogP contribution >= 0.6 is 0 Å². The summed E-state index contributed by atoms with van der Waals surface area (Å²) in [4.78, 5) is 13.7. The highest BCUT2D eigenvalue weighted by atomic mass is 16.3. The molecule has 9 heavy (non-hydrogen) atoms. The van der Waals surface area contributed by atoms with E-state index in [-0.39, 0.29) is 0 Å². The van der Waals surface area contributed by atoms with Crippen molar-refractivity contribution >= 4 is 11.8 Å². The smallest absolute Gasteiger partial charge is 0.317 e. The van der Waals surface area contributed by atoms with Crippen LogP contribution in [-0.4, -0.2) is 11.0 Å². The lowest BCUT2D eigenvalue weighted by Crippen LogP contribution is -2.19. The molecule has 0 aliphatic carbocycles. The summed E-state index contributed by atoms with van der Waals surface area (Å²) in [7, 11) is 0. The molecule has 5 heteroatoms. The number of hydrogen-bond donors (Lipinski definition) is 2. The average Bonchev–Trinajstić information content (AvgIpc) is 2.15. The molecule has 0 saturated carbocycles. The van der Waals surface area contributed by atoms with Gasteiger partial charge in [-0.2, -0.15) is 4.98 Å². The Morgan fingerprint density at radius 2 is 2.67 bits per heavy atom. The minimum absolute atomic E-state index is 0.322. The molecule has 0 spiro atoms. The Bertz CT molecular complexity index is 194. The van der Waals surface area contributed by atoms with E-state index >= 15 is 0 Å². The van der Waals surface area contributed by atoms with E-state index in [2.05, 4.69) is 14.7 Å². The number of anilines is 1. The first-order valence-electron chi connectivity index (χ1n) is 2.23. The van der Waals surface area contributed by atoms with E-state index in [1.165, 1.54) is 12.7 Å². The second-order valence-electron chi connectivity index (χ2n) is 1.36. The van der Waals surface area contributed by atoms with E-state index in [0.29, 0.717) is 5.82 Å². The van der Waals surface area contributed by atoms with E-state index in [4.69, 9.17) is 5.73 Å². The standard InChI is InChI=1S/C4H5N3O2/c5-4(8)7-3-1-9-2-6-3/h1-2H,(H3,5,7,8). The lowest BCUT2D eigenvalue weighted by Gasteiger charge is -1.89. The topological polar surface area (TPSA) is 81.2 Å². The van der Waals surface area contributed by atoms with Crippen LogP contribution in [0.15, 0.2) is 17.1 Å². The Morgan fingerprint density at radius 1 is 1.89 bits per heavy atom. The van der Waals surface area contributed by atoms with Gasteiger partial charge in [0.1, 0.15) is 6.26 Å². The summed E-state index contributed by atoms with van der Waals surface area (Å²) in [5.74, 6) is 0.322. The van der Waals surface area contributed by atoms with E-state index in [0.717, 1.165) is 0 Å². The first-order valence-corrected chi connectivity index (χ1v) is 2.23. The number of nitrogens with one attached hydrogen (secondary N) is 1. The number of carbonyl (C=O) groups excluding carboxylic acids is 1. The van der Waals surface area contributed by atoms with Gasteiger partial charge in [-0.1, -0.05) is 0 Å². The number of urea groups is 1. The number of aromatic nitrogens is 1. The molecular weight excluding hydrogens is 122 g/mol. The van der Waals surface area contributed by atoms with Gasteiger partial charge in [-0.15, -0.1) is 0 Å². The second kappa shape index (κ2) is 2.17. The maximum atomic E-state index is 10.1. The summed E-state index contributed by atoms with van der Waals surface area (Å²) < 4.78 is 4.53. The summed E-state index contributed by atoms with van der Waals surface area (Å²) in [6.45, 7) is 0. The lowest BCUT2D eigenvalue weighted by atomic mass is 10.7. The van der Waals surface area contributed by atoms with E-state index in [1.807, 2.05) is 0 Å². The van der Waals surface area contributed by atoms with Crippen molar-refractivity contribution in [2.45, 2.75) is 0 Å². The largest absolute Gasteiger partial charge is 0.449 e. The van der Waals surface area contributed by atoms with Crippen LogP contribution in [0.5, 0.6) is 0 Å². The average molecular weight is 127 g/mol. The molecule has 1 heterocycles. The summed E-state index contributed by atoms with van der Waals surface area (Å²) in [5.41, 5.74) is 4.75. The molecule has 0 radical (unpaired) electrons. The highest BCUT2D eigenvalue weighted by molar-refractivity contribution is 5.86. The van der Waals surface area contributed by atoms with Gasteiger partial charge in [0, 0.05) is 0 Å². The van der Waals surface area contributed by atoms with Crippen LogP contribution in [0.25, 0.3) is 0 Å². The molecule has 0 aliphatic rings. The summed E-state index contributed by atoms with van der Waals surface area (Å²) in [6, 6.07) is -0.649. The molecule has 2 amide bonds. The Balaban J connectivity index is 2.58. The monoisotopic (exact) mass is 127 g/mol. The number of oxazole rings is 1. The SMILES string of the molecule is NC(=O)Nc1cocn1. The van der Waals surface area contributed by atoms with Crippen LogP contribution in [-0.2, 0) is 0 Å². The van der Waals surface area contributed by atoms with Crippen molar-refractivity contribution in [2.24, 2.45) is 5.73 Å². The predicted octanol–water partition coefficient (Wildman–Crippen LogP) is 0.165. The number of rotatable bonds is 1. The first kappa shape index (κ1) is 5.61. The van der Waals surface area contributed by atoms with Gasteiger partial charge in [0.25, 0.3) is 0 Å². The minimum atomic E-state index is -0.649. The minimum Gasteiger partial charge on any atom is -0.449 e. The zero-order valence-corrected chi connectivity index (χ0v) is 4.50. The van der Waals surface area contributed by atoms with Gasteiger partial charge in [0.2, 0.25) is 0 Å². The van der Waals surface area contributed by atoms with Gasteiger partial charge in [-0.05, 0) is 0 Å². The maximum absolute atomic E-state index is 10.1. The summed E-state index contributed by atoms with van der Waals surface area (Å²) >= 11 is 0. The van der Waals surface area contributed by atoms with Gasteiger partial charge in [-0.25, -0.2) is 4.79 Å². The zero-order chi connectivity index (χ0) is 6.69. The number of hydrogen-bond acceptors (Lipinski definition) is 3. The Hall–Kier alpha value is -1.52. The maximum Gasteiger partial charge on any atom is 0.317 e. The van der Waals surface area contributed by atoms with Gasteiger partial charge >= 0.3 is 6.03 Å². The number of primary amides is 1. The van der Waals surface area contributed by atoms with Crippen molar-refractivity contribution in [2.75, 3.05) is 5.32 Å². The third-order valence-corrected chi connectivity index (χ3v) is 0.684. The molecule has 0 aliphatic heterocycles. The van der Waals surface area contributed by atoms with E-state index in [1.54, 1.807) is 0 Å². The molecule has 1 aromatic rings. The van der Waals surface area contributed by atoms with Gasteiger partial charge in [-0.3, -0.25) is 5.32 Å². The van der Waals surface area contributed by atoms with Crippen molar-refractivity contribution in [3.8, 4) is 0 Å². The molecule has 0 bridgehead atoms. The molecule has 0 fully saturated rings. The lowest BCUT2D eigenvalue weighted by molar-refractivity contribution is 0.259. The number of nitrogens with zero attached hydrogens (tertiary/aromatic N) is 1. The molecule has 0 aromatic carbocycles. The predicted molar refractivity (Wildman–Crippen MR) is 29.7 cm³/mol. The van der Waals surface area contributed by atoms with Gasteiger partial charge < -0.3 is 10.2 Å². The van der Waals surface area contributed by atoms with Crippen LogP contribution < -0.4 is 11.1 Å². The fourth-order valence-corrected chi connectivity index (χ4v) is 0.400. The first-order chi connectivity index (χ1) is 4.29. The fraction of sp³-hybridized carbons (Fsp3) is 0. The van der Waals surface area contributed by atoms with Crippen molar-refractivity contribution in [3.05, 3.63) is 12.7 Å². The third-order valence-electron chi connectivity index (χ3n) is 0.684. The molecule has 48 valence electrons. The highest BCUT2D eigenvalue weighted by Crippen LogP contribution is 1.98. The normalized spacial score (nSPS) is 8.89. The van der Waals surface area contributed by atoms with Crippen molar-refractivity contribution in [1.82, 2.24) is 4.98 Å². The Kier molecular flexibility index (Phi) is 1.35. The highest BCUT2D eigenvalue weighted by Gasteiger charge is 1.95. The number of carbonyl (C=O) groups is 1. The van der Waals surface area contributed by atoms with E-state index < -0.39 is 6.03 Å².